The van der Waals surface area contributed by atoms with Crippen LogP contribution in [0.1, 0.15) is 45.1 Å². The second kappa shape index (κ2) is 10.1. The molecule has 182 valence electrons. The summed E-state index contributed by atoms with van der Waals surface area (Å²) in [5, 5.41) is 3.05. The third kappa shape index (κ3) is 4.67. The molecule has 1 N–H and O–H groups in total. The monoisotopic (exact) mass is 474 g/mol. The Kier molecular flexibility index (Phi) is 6.96. The molecule has 0 aliphatic carbocycles. The molecule has 1 atom stereocenters. The number of carbonyl (C=O) groups excluding carboxylic acids is 2. The van der Waals surface area contributed by atoms with Gasteiger partial charge in [-0.25, -0.2) is 0 Å². The summed E-state index contributed by atoms with van der Waals surface area (Å²) in [6.45, 7) is 4.33. The Morgan fingerprint density at radius 1 is 0.943 bits per heavy atom. The predicted octanol–water partition coefficient (Wildman–Crippen LogP) is 5.06. The maximum Gasteiger partial charge on any atom is 0.255 e. The van der Waals surface area contributed by atoms with Crippen LogP contribution in [-0.2, 0) is 11.3 Å². The van der Waals surface area contributed by atoms with Gasteiger partial charge in [-0.2, -0.15) is 0 Å². The fraction of sp³-hybridized carbons (Fsp3) is 0.286. The number of aryl methyl sites for hydroxylation is 2. The van der Waals surface area contributed by atoms with Gasteiger partial charge in [-0.1, -0.05) is 36.4 Å². The van der Waals surface area contributed by atoms with Gasteiger partial charge >= 0.3 is 0 Å². The summed E-state index contributed by atoms with van der Waals surface area (Å²) in [5.74, 6) is 1.08. The molecule has 1 aliphatic rings. The van der Waals surface area contributed by atoms with E-state index in [-0.39, 0.29) is 18.2 Å². The molecule has 0 fully saturated rings. The van der Waals surface area contributed by atoms with E-state index >= 15 is 0 Å². The van der Waals surface area contributed by atoms with Gasteiger partial charge in [0, 0.05) is 17.8 Å². The Bertz CT molecular complexity index is 1220. The molecule has 0 bridgehead atoms. The standard InChI is InChI=1S/C28H30N2O5/c1-17-9-8-10-18(2)26(17)29-25(31)15-22(30-16-19-11-6-7-12-21(19)28(30)32)20-13-23(33-3)27(35-5)24(14-20)34-4/h6-14,22H,15-16H2,1-5H3,(H,29,31). The molecule has 35 heavy (non-hydrogen) atoms. The number of hydrogen-bond donors (Lipinski definition) is 1. The number of amides is 2. The van der Waals surface area contributed by atoms with Gasteiger partial charge in [0.25, 0.3) is 5.91 Å². The first-order valence-electron chi connectivity index (χ1n) is 11.4. The van der Waals surface area contributed by atoms with Crippen molar-refractivity contribution in [2.75, 3.05) is 26.6 Å². The number of nitrogens with one attached hydrogen (secondary N) is 1. The van der Waals surface area contributed by atoms with Gasteiger partial charge in [0.15, 0.2) is 11.5 Å². The highest BCUT2D eigenvalue weighted by molar-refractivity contribution is 5.99. The van der Waals surface area contributed by atoms with Crippen LogP contribution in [0, 0.1) is 13.8 Å². The van der Waals surface area contributed by atoms with Crippen LogP contribution in [-0.4, -0.2) is 38.0 Å². The van der Waals surface area contributed by atoms with Crippen LogP contribution in [0.15, 0.2) is 54.6 Å². The van der Waals surface area contributed by atoms with Crippen LogP contribution in [0.2, 0.25) is 0 Å². The SMILES string of the molecule is COc1cc(C(CC(=O)Nc2c(C)cccc2C)N2Cc3ccccc3C2=O)cc(OC)c1OC. The Hall–Kier alpha value is -4.00. The van der Waals surface area contributed by atoms with E-state index in [1.165, 1.54) is 7.11 Å². The lowest BCUT2D eigenvalue weighted by atomic mass is 9.99. The average molecular weight is 475 g/mol. The number of rotatable bonds is 8. The smallest absolute Gasteiger partial charge is 0.255 e. The van der Waals surface area contributed by atoms with Gasteiger partial charge in [0.1, 0.15) is 0 Å². The van der Waals surface area contributed by atoms with Crippen LogP contribution in [0.4, 0.5) is 5.69 Å². The van der Waals surface area contributed by atoms with E-state index < -0.39 is 6.04 Å². The molecule has 0 saturated carbocycles. The summed E-state index contributed by atoms with van der Waals surface area (Å²) in [4.78, 5) is 28.5. The quantitative estimate of drug-likeness (QED) is 0.494. The zero-order chi connectivity index (χ0) is 25.1. The van der Waals surface area contributed by atoms with E-state index in [1.54, 1.807) is 31.3 Å². The number of benzene rings is 3. The second-order valence-electron chi connectivity index (χ2n) is 8.58. The molecule has 7 heteroatoms. The van der Waals surface area contributed by atoms with Crippen LogP contribution in [0.25, 0.3) is 0 Å². The lowest BCUT2D eigenvalue weighted by Crippen LogP contribution is -2.32. The van der Waals surface area contributed by atoms with Crippen molar-refractivity contribution in [1.82, 2.24) is 4.90 Å². The Morgan fingerprint density at radius 3 is 2.14 bits per heavy atom. The third-order valence-corrected chi connectivity index (χ3v) is 6.42. The number of hydrogen-bond acceptors (Lipinski definition) is 5. The molecule has 4 rings (SSSR count). The van der Waals surface area contributed by atoms with Crippen LogP contribution in [0.3, 0.4) is 0 Å². The lowest BCUT2D eigenvalue weighted by Gasteiger charge is -2.29. The van der Waals surface area contributed by atoms with Crippen LogP contribution in [0.5, 0.6) is 17.2 Å². The molecule has 2 amide bonds. The number of methoxy groups -OCH3 is 3. The second-order valence-corrected chi connectivity index (χ2v) is 8.58. The molecule has 0 radical (unpaired) electrons. The van der Waals surface area contributed by atoms with Crippen molar-refractivity contribution in [2.24, 2.45) is 0 Å². The number of nitrogens with zero attached hydrogens (tertiary/aromatic N) is 1. The molecule has 0 saturated heterocycles. The van der Waals surface area contributed by atoms with Crippen molar-refractivity contribution in [3.8, 4) is 17.2 Å². The lowest BCUT2D eigenvalue weighted by molar-refractivity contribution is -0.117. The van der Waals surface area contributed by atoms with E-state index in [4.69, 9.17) is 14.2 Å². The number of fused-ring (bicyclic) bond motifs is 1. The summed E-state index contributed by atoms with van der Waals surface area (Å²) < 4.78 is 16.6. The van der Waals surface area contributed by atoms with Gasteiger partial charge in [-0.15, -0.1) is 0 Å². The largest absolute Gasteiger partial charge is 0.493 e. The summed E-state index contributed by atoms with van der Waals surface area (Å²) in [5.41, 5.74) is 5.05. The molecular weight excluding hydrogens is 444 g/mol. The topological polar surface area (TPSA) is 77.1 Å². The number of anilines is 1. The minimum Gasteiger partial charge on any atom is -0.493 e. The summed E-state index contributed by atoms with van der Waals surface area (Å²) in [7, 11) is 4.62. The Balaban J connectivity index is 1.74. The van der Waals surface area contributed by atoms with E-state index in [9.17, 15) is 9.59 Å². The van der Waals surface area contributed by atoms with E-state index in [2.05, 4.69) is 5.32 Å². The molecule has 0 spiro atoms. The van der Waals surface area contributed by atoms with Crippen LogP contribution < -0.4 is 19.5 Å². The van der Waals surface area contributed by atoms with Crippen molar-refractivity contribution < 1.29 is 23.8 Å². The Morgan fingerprint density at radius 2 is 1.57 bits per heavy atom. The predicted molar refractivity (Wildman–Crippen MR) is 134 cm³/mol. The summed E-state index contributed by atoms with van der Waals surface area (Å²) in [6, 6.07) is 16.5. The fourth-order valence-electron chi connectivity index (χ4n) is 4.61. The zero-order valence-electron chi connectivity index (χ0n) is 20.7. The molecule has 7 nitrogen and oxygen atoms in total. The van der Waals surface area contributed by atoms with Crippen LogP contribution >= 0.6 is 0 Å². The first-order valence-corrected chi connectivity index (χ1v) is 11.4. The van der Waals surface area contributed by atoms with Gasteiger partial charge < -0.3 is 24.4 Å². The highest BCUT2D eigenvalue weighted by Crippen LogP contribution is 2.43. The zero-order valence-corrected chi connectivity index (χ0v) is 20.7. The number of ether oxygens (including phenoxy) is 3. The minimum absolute atomic E-state index is 0.0616. The third-order valence-electron chi connectivity index (χ3n) is 6.42. The maximum atomic E-state index is 13.4. The fourth-order valence-corrected chi connectivity index (χ4v) is 4.61. The molecule has 1 aliphatic heterocycles. The van der Waals surface area contributed by atoms with Crippen molar-refractivity contribution in [3.05, 3.63) is 82.4 Å². The average Bonchev–Trinajstić information content (AvgIpc) is 3.20. The molecule has 1 unspecified atom stereocenters. The number of para-hydroxylation sites is 1. The van der Waals surface area contributed by atoms with Gasteiger partial charge in [-0.3, -0.25) is 9.59 Å². The molecule has 3 aromatic rings. The molecule has 1 heterocycles. The molecule has 0 aromatic heterocycles. The van der Waals surface area contributed by atoms with Gasteiger partial charge in [0.2, 0.25) is 11.7 Å². The van der Waals surface area contributed by atoms with Crippen molar-refractivity contribution in [1.29, 1.82) is 0 Å². The van der Waals surface area contributed by atoms with E-state index in [1.807, 2.05) is 56.3 Å². The van der Waals surface area contributed by atoms with Crippen molar-refractivity contribution in [3.63, 3.8) is 0 Å². The van der Waals surface area contributed by atoms with Crippen molar-refractivity contribution in [2.45, 2.75) is 32.9 Å². The first kappa shape index (κ1) is 24.1. The summed E-state index contributed by atoms with van der Waals surface area (Å²) >= 11 is 0. The van der Waals surface area contributed by atoms with Gasteiger partial charge in [-0.05, 0) is 54.3 Å². The minimum atomic E-state index is -0.548. The molecule has 3 aromatic carbocycles. The summed E-state index contributed by atoms with van der Waals surface area (Å²) in [6.07, 6.45) is 0.0616. The first-order chi connectivity index (χ1) is 16.9. The Labute approximate surface area is 205 Å². The van der Waals surface area contributed by atoms with E-state index in [0.29, 0.717) is 29.4 Å². The highest BCUT2D eigenvalue weighted by atomic mass is 16.5. The number of carbonyl (C=O) groups is 2. The highest BCUT2D eigenvalue weighted by Gasteiger charge is 2.35. The van der Waals surface area contributed by atoms with E-state index in [0.717, 1.165) is 27.9 Å². The van der Waals surface area contributed by atoms with Gasteiger partial charge in [0.05, 0.1) is 33.8 Å². The van der Waals surface area contributed by atoms with Crippen molar-refractivity contribution >= 4 is 17.5 Å². The molecular formula is C28H30N2O5. The normalized spacial score (nSPS) is 13.3. The maximum absolute atomic E-state index is 13.4.